The zero-order valence-electron chi connectivity index (χ0n) is 17.6. The van der Waals surface area contributed by atoms with Crippen LogP contribution in [0.5, 0.6) is 5.75 Å². The normalized spacial score (nSPS) is 29.1. The number of primary amides is 1. The van der Waals surface area contributed by atoms with Crippen LogP contribution in [0, 0.1) is 17.2 Å². The van der Waals surface area contributed by atoms with Gasteiger partial charge in [-0.3, -0.25) is 4.79 Å². The van der Waals surface area contributed by atoms with Crippen molar-refractivity contribution in [2.24, 2.45) is 17.1 Å². The average Bonchev–Trinajstić information content (AvgIpc) is 2.77. The van der Waals surface area contributed by atoms with Crippen LogP contribution < -0.4 is 10.5 Å². The van der Waals surface area contributed by atoms with Crippen LogP contribution in [0.15, 0.2) is 48.6 Å². The third-order valence-electron chi connectivity index (χ3n) is 6.18. The van der Waals surface area contributed by atoms with Crippen molar-refractivity contribution in [2.75, 3.05) is 40.5 Å². The molecule has 0 aromatic heterocycles. The molecule has 1 aliphatic heterocycles. The van der Waals surface area contributed by atoms with Crippen LogP contribution >= 0.6 is 0 Å². The van der Waals surface area contributed by atoms with Crippen molar-refractivity contribution in [1.82, 2.24) is 4.90 Å². The maximum atomic E-state index is 13.0. The van der Waals surface area contributed by atoms with Gasteiger partial charge in [-0.1, -0.05) is 24.3 Å². The molecule has 0 spiro atoms. The fourth-order valence-electron chi connectivity index (χ4n) is 4.63. The molecule has 1 heterocycles. The first-order valence-corrected chi connectivity index (χ1v) is 10.3. The van der Waals surface area contributed by atoms with E-state index in [4.69, 9.17) is 19.9 Å². The number of rotatable bonds is 9. The molecule has 1 aliphatic carbocycles. The van der Waals surface area contributed by atoms with Crippen LogP contribution in [0.2, 0.25) is 0 Å². The number of amides is 1. The lowest BCUT2D eigenvalue weighted by Crippen LogP contribution is -2.59. The number of nitrogens with two attached hydrogens (primary N) is 1. The van der Waals surface area contributed by atoms with E-state index in [2.05, 4.69) is 4.90 Å². The molecule has 30 heavy (non-hydrogen) atoms. The largest absolute Gasteiger partial charge is 0.494 e. The molecule has 2 N–H and O–H groups in total. The summed E-state index contributed by atoms with van der Waals surface area (Å²) in [6.45, 7) is 2.94. The Morgan fingerprint density at radius 2 is 2.00 bits per heavy atom. The summed E-state index contributed by atoms with van der Waals surface area (Å²) in [5, 5.41) is 0. The summed E-state index contributed by atoms with van der Waals surface area (Å²) in [5.74, 6) is -0.0689. The van der Waals surface area contributed by atoms with E-state index < -0.39 is 11.5 Å². The van der Waals surface area contributed by atoms with Crippen molar-refractivity contribution in [1.29, 1.82) is 0 Å². The number of piperidine rings is 1. The first-order valence-electron chi connectivity index (χ1n) is 10.3. The van der Waals surface area contributed by atoms with Crippen LogP contribution in [-0.2, 0) is 14.3 Å². The molecule has 3 rings (SSSR count). The molecule has 7 heteroatoms. The van der Waals surface area contributed by atoms with Crippen LogP contribution in [0.4, 0.5) is 4.39 Å². The van der Waals surface area contributed by atoms with Gasteiger partial charge in [0.25, 0.3) is 0 Å². The van der Waals surface area contributed by atoms with E-state index in [1.54, 1.807) is 26.4 Å². The Hall–Kier alpha value is -2.22. The summed E-state index contributed by atoms with van der Waals surface area (Å²) < 4.78 is 30.1. The van der Waals surface area contributed by atoms with E-state index in [0.717, 1.165) is 25.9 Å². The summed E-state index contributed by atoms with van der Waals surface area (Å²) in [6.07, 6.45) is 8.58. The fraction of sp³-hybridized carbons (Fsp3) is 0.522. The Bertz CT molecular complexity index is 767. The molecular weight excluding hydrogens is 387 g/mol. The summed E-state index contributed by atoms with van der Waals surface area (Å²) in [6, 6.07) is 6.03. The highest BCUT2D eigenvalue weighted by atomic mass is 19.1. The minimum Gasteiger partial charge on any atom is -0.494 e. The monoisotopic (exact) mass is 418 g/mol. The van der Waals surface area contributed by atoms with Gasteiger partial charge in [0.2, 0.25) is 5.91 Å². The average molecular weight is 419 g/mol. The first kappa shape index (κ1) is 22.5. The molecule has 0 bridgehead atoms. The topological polar surface area (TPSA) is 74.0 Å². The number of ether oxygens (including phenoxy) is 3. The quantitative estimate of drug-likeness (QED) is 0.624. The Balaban J connectivity index is 1.57. The molecule has 0 radical (unpaired) electrons. The number of allylic oxidation sites excluding steroid dienone is 2. The van der Waals surface area contributed by atoms with Gasteiger partial charge in [0.1, 0.15) is 17.0 Å². The number of nitrogens with zero attached hydrogens (tertiary/aromatic N) is 1. The van der Waals surface area contributed by atoms with Crippen molar-refractivity contribution < 1.29 is 23.4 Å². The van der Waals surface area contributed by atoms with Crippen LogP contribution in [-0.4, -0.2) is 63.5 Å². The summed E-state index contributed by atoms with van der Waals surface area (Å²) >= 11 is 0. The lowest BCUT2D eigenvalue weighted by Gasteiger charge is -2.48. The zero-order valence-corrected chi connectivity index (χ0v) is 17.6. The highest BCUT2D eigenvalue weighted by Crippen LogP contribution is 2.44. The van der Waals surface area contributed by atoms with Gasteiger partial charge in [-0.15, -0.1) is 0 Å². The fourth-order valence-corrected chi connectivity index (χ4v) is 4.63. The van der Waals surface area contributed by atoms with Crippen LogP contribution in [0.3, 0.4) is 0 Å². The van der Waals surface area contributed by atoms with Gasteiger partial charge in [0.05, 0.1) is 18.8 Å². The third kappa shape index (κ3) is 4.74. The third-order valence-corrected chi connectivity index (χ3v) is 6.18. The number of methoxy groups -OCH3 is 2. The Labute approximate surface area is 177 Å². The Kier molecular flexibility index (Phi) is 7.64. The zero-order chi connectivity index (χ0) is 21.6. The molecule has 6 nitrogen and oxygen atoms in total. The molecule has 164 valence electrons. The minimum absolute atomic E-state index is 0.0714. The molecule has 0 saturated carbocycles. The second kappa shape index (κ2) is 10.2. The second-order valence-corrected chi connectivity index (χ2v) is 7.82. The number of halogens is 1. The second-order valence-electron chi connectivity index (χ2n) is 7.82. The first-order chi connectivity index (χ1) is 14.5. The number of hydrogen-bond donors (Lipinski definition) is 1. The lowest BCUT2D eigenvalue weighted by atomic mass is 9.64. The lowest BCUT2D eigenvalue weighted by molar-refractivity contribution is -0.144. The Morgan fingerprint density at radius 3 is 2.67 bits per heavy atom. The molecule has 1 saturated heterocycles. The van der Waals surface area contributed by atoms with Gasteiger partial charge >= 0.3 is 0 Å². The molecule has 1 aromatic carbocycles. The minimum atomic E-state index is -0.915. The van der Waals surface area contributed by atoms with E-state index in [-0.39, 0.29) is 23.7 Å². The number of carbonyl (C=O) groups excluding carboxylic acids is 1. The van der Waals surface area contributed by atoms with E-state index in [1.165, 1.54) is 12.1 Å². The highest BCUT2D eigenvalue weighted by Gasteiger charge is 2.53. The van der Waals surface area contributed by atoms with Crippen molar-refractivity contribution in [3.05, 3.63) is 54.4 Å². The van der Waals surface area contributed by atoms with Gasteiger partial charge < -0.3 is 24.8 Å². The molecular formula is C23H31FN2O4. The number of hydrogen-bond acceptors (Lipinski definition) is 5. The van der Waals surface area contributed by atoms with Crippen molar-refractivity contribution in [2.45, 2.75) is 25.0 Å². The SMILES string of the molecule is COC1CN(CCCOc2ccc(F)cc2)CCC1C1(C(N)=O)C=CC=CC1OC. The van der Waals surface area contributed by atoms with Crippen molar-refractivity contribution in [3.8, 4) is 5.75 Å². The van der Waals surface area contributed by atoms with Gasteiger partial charge in [0, 0.05) is 33.2 Å². The van der Waals surface area contributed by atoms with E-state index in [1.807, 2.05) is 24.3 Å². The molecule has 1 fully saturated rings. The smallest absolute Gasteiger partial charge is 0.230 e. The highest BCUT2D eigenvalue weighted by molar-refractivity contribution is 5.85. The van der Waals surface area contributed by atoms with E-state index >= 15 is 0 Å². The van der Waals surface area contributed by atoms with Gasteiger partial charge in [-0.2, -0.15) is 0 Å². The predicted octanol–water partition coefficient (Wildman–Crippen LogP) is 2.54. The van der Waals surface area contributed by atoms with Crippen LogP contribution in [0.25, 0.3) is 0 Å². The summed E-state index contributed by atoms with van der Waals surface area (Å²) in [5.41, 5.74) is 4.99. The van der Waals surface area contributed by atoms with E-state index in [9.17, 15) is 9.18 Å². The summed E-state index contributed by atoms with van der Waals surface area (Å²) in [4.78, 5) is 14.9. The predicted molar refractivity (Wildman–Crippen MR) is 113 cm³/mol. The number of likely N-dealkylation sites (tertiary alicyclic amines) is 1. The number of carbonyl (C=O) groups is 1. The summed E-state index contributed by atoms with van der Waals surface area (Å²) in [7, 11) is 3.28. The van der Waals surface area contributed by atoms with Gasteiger partial charge in [-0.25, -0.2) is 4.39 Å². The molecule has 4 unspecified atom stereocenters. The maximum absolute atomic E-state index is 13.0. The van der Waals surface area contributed by atoms with E-state index in [0.29, 0.717) is 18.9 Å². The maximum Gasteiger partial charge on any atom is 0.230 e. The van der Waals surface area contributed by atoms with Gasteiger partial charge in [0.15, 0.2) is 0 Å². The van der Waals surface area contributed by atoms with Gasteiger partial charge in [-0.05, 0) is 43.7 Å². The Morgan fingerprint density at radius 1 is 1.23 bits per heavy atom. The molecule has 1 aromatic rings. The standard InChI is InChI=1S/C23H31FN2O4/c1-28-20-16-26(13-5-15-30-18-9-7-17(24)8-10-18)14-11-19(20)23(22(25)27)12-4-3-6-21(23)29-2/h3-4,6-10,12,19-21H,5,11,13-16H2,1-2H3,(H2,25,27). The van der Waals surface area contributed by atoms with Crippen molar-refractivity contribution in [3.63, 3.8) is 0 Å². The molecule has 2 aliphatic rings. The van der Waals surface area contributed by atoms with Crippen molar-refractivity contribution >= 4 is 5.91 Å². The number of benzene rings is 1. The molecule has 4 atom stereocenters. The van der Waals surface area contributed by atoms with Crippen LogP contribution in [0.1, 0.15) is 12.8 Å². The molecule has 1 amide bonds.